The van der Waals surface area contributed by atoms with Gasteiger partial charge in [0.1, 0.15) is 5.82 Å². The molecule has 1 fully saturated rings. The van der Waals surface area contributed by atoms with Gasteiger partial charge in [0, 0.05) is 35.5 Å². The Kier molecular flexibility index (Phi) is 6.84. The van der Waals surface area contributed by atoms with Gasteiger partial charge < -0.3 is 21.7 Å². The summed E-state index contributed by atoms with van der Waals surface area (Å²) in [6, 6.07) is 6.94. The molecule has 10 nitrogen and oxygen atoms in total. The summed E-state index contributed by atoms with van der Waals surface area (Å²) >= 11 is 6.08. The predicted molar refractivity (Wildman–Crippen MR) is 114 cm³/mol. The van der Waals surface area contributed by atoms with Gasteiger partial charge in [-0.2, -0.15) is 5.10 Å². The number of carbonyl (C=O) groups excluding carboxylic acids is 1. The zero-order chi connectivity index (χ0) is 22.7. The van der Waals surface area contributed by atoms with Crippen LogP contribution in [0, 0.1) is 0 Å². The zero-order valence-corrected chi connectivity index (χ0v) is 17.5. The number of benzene rings is 1. The molecule has 1 aliphatic carbocycles. The van der Waals surface area contributed by atoms with Crippen molar-refractivity contribution >= 4 is 34.4 Å². The van der Waals surface area contributed by atoms with E-state index in [1.54, 1.807) is 23.0 Å². The molecule has 0 saturated heterocycles. The molecule has 1 aromatic carbocycles. The van der Waals surface area contributed by atoms with Crippen molar-refractivity contribution in [3.63, 3.8) is 0 Å². The monoisotopic (exact) mass is 446 g/mol. The van der Waals surface area contributed by atoms with Crippen molar-refractivity contribution in [1.29, 1.82) is 0 Å². The highest BCUT2D eigenvalue weighted by Gasteiger charge is 2.35. The van der Waals surface area contributed by atoms with Gasteiger partial charge >= 0.3 is 0 Å². The Morgan fingerprint density at radius 2 is 2.00 bits per heavy atom. The number of carbonyl (C=O) groups is 2. The standard InChI is InChI=1S/C18H19ClN6O2.C2H4O2/c19-10-1-2-11-13(7-10)22-4-3-14(11)25-18(9-5-12(20)15(26)6-9)23-17(24-25)8-16(21)27;1-2(3)4/h1-4,7,9,12,15,26H,5-6,8,20H2,(H2,21,27);1H3,(H,3,4)/t9-,12+,15+;/m0./s1. The van der Waals surface area contributed by atoms with Crippen LogP contribution in [0.3, 0.4) is 0 Å². The number of hydrogen-bond acceptors (Lipinski definition) is 7. The fourth-order valence-corrected chi connectivity index (χ4v) is 3.76. The Balaban J connectivity index is 0.000000628. The number of aliphatic hydroxyl groups is 1. The number of carboxylic acid groups (broad SMARTS) is 1. The number of carboxylic acids is 1. The summed E-state index contributed by atoms with van der Waals surface area (Å²) in [6.07, 6.45) is 2.10. The van der Waals surface area contributed by atoms with Crippen molar-refractivity contribution in [1.82, 2.24) is 19.7 Å². The van der Waals surface area contributed by atoms with Crippen LogP contribution in [0.2, 0.25) is 5.02 Å². The van der Waals surface area contributed by atoms with Crippen LogP contribution in [0.1, 0.15) is 37.3 Å². The maximum atomic E-state index is 11.3. The molecule has 0 aliphatic heterocycles. The van der Waals surface area contributed by atoms with Gasteiger partial charge in [-0.05, 0) is 37.1 Å². The summed E-state index contributed by atoms with van der Waals surface area (Å²) in [4.78, 5) is 29.2. The number of hydrogen-bond donors (Lipinski definition) is 4. The molecular formula is C20H23ClN6O4. The Hall–Kier alpha value is -3.08. The van der Waals surface area contributed by atoms with Crippen LogP contribution >= 0.6 is 11.6 Å². The largest absolute Gasteiger partial charge is 0.481 e. The third-order valence-electron chi connectivity index (χ3n) is 4.86. The number of fused-ring (bicyclic) bond motifs is 1. The van der Waals surface area contributed by atoms with Gasteiger partial charge in [-0.3, -0.25) is 14.6 Å². The molecule has 2 heterocycles. The SMILES string of the molecule is CC(=O)O.NC(=O)Cc1nc([C@H]2C[C@@H](N)[C@H](O)C2)n(-c2ccnc3cc(Cl)ccc23)n1. The van der Waals surface area contributed by atoms with Crippen LogP contribution in [0.25, 0.3) is 16.6 Å². The highest BCUT2D eigenvalue weighted by Crippen LogP contribution is 2.35. The van der Waals surface area contributed by atoms with Gasteiger partial charge in [-0.15, -0.1) is 0 Å². The second kappa shape index (κ2) is 9.38. The molecule has 0 radical (unpaired) electrons. The summed E-state index contributed by atoms with van der Waals surface area (Å²) < 4.78 is 1.70. The van der Waals surface area contributed by atoms with E-state index in [9.17, 15) is 9.90 Å². The minimum Gasteiger partial charge on any atom is -0.481 e. The van der Waals surface area contributed by atoms with Crippen molar-refractivity contribution in [3.05, 3.63) is 47.1 Å². The van der Waals surface area contributed by atoms with Crippen LogP contribution in [0.5, 0.6) is 0 Å². The molecule has 164 valence electrons. The summed E-state index contributed by atoms with van der Waals surface area (Å²) in [5, 5.41) is 23.4. The van der Waals surface area contributed by atoms with Crippen molar-refractivity contribution in [2.24, 2.45) is 11.5 Å². The van der Waals surface area contributed by atoms with E-state index in [0.29, 0.717) is 29.5 Å². The number of nitrogens with two attached hydrogens (primary N) is 2. The van der Waals surface area contributed by atoms with Crippen molar-refractivity contribution < 1.29 is 19.8 Å². The van der Waals surface area contributed by atoms with E-state index in [4.69, 9.17) is 33.0 Å². The number of pyridine rings is 1. The number of aromatic nitrogens is 4. The Morgan fingerprint density at radius 1 is 1.29 bits per heavy atom. The first-order valence-electron chi connectivity index (χ1n) is 9.57. The van der Waals surface area contributed by atoms with Crippen molar-refractivity contribution in [2.75, 3.05) is 0 Å². The first-order valence-corrected chi connectivity index (χ1v) is 9.95. The normalized spacial score (nSPS) is 20.3. The van der Waals surface area contributed by atoms with Gasteiger partial charge in [-0.25, -0.2) is 9.67 Å². The third-order valence-corrected chi connectivity index (χ3v) is 5.10. The Morgan fingerprint density at radius 3 is 2.61 bits per heavy atom. The molecule has 4 rings (SSSR count). The molecule has 3 aromatic rings. The predicted octanol–water partition coefficient (Wildman–Crippen LogP) is 1.15. The molecule has 3 atom stereocenters. The minimum absolute atomic E-state index is 0.0594. The van der Waals surface area contributed by atoms with Gasteiger partial charge in [0.25, 0.3) is 5.97 Å². The zero-order valence-electron chi connectivity index (χ0n) is 16.8. The van der Waals surface area contributed by atoms with Crippen LogP contribution in [0.4, 0.5) is 0 Å². The number of amides is 1. The number of primary amides is 1. The molecule has 0 unspecified atom stereocenters. The summed E-state index contributed by atoms with van der Waals surface area (Å²) in [5.41, 5.74) is 12.8. The number of rotatable bonds is 4. The molecule has 11 heteroatoms. The van der Waals surface area contributed by atoms with E-state index < -0.39 is 18.0 Å². The second-order valence-electron chi connectivity index (χ2n) is 7.35. The van der Waals surface area contributed by atoms with Crippen LogP contribution < -0.4 is 11.5 Å². The molecule has 31 heavy (non-hydrogen) atoms. The molecule has 1 amide bonds. The maximum Gasteiger partial charge on any atom is 0.300 e. The maximum absolute atomic E-state index is 11.3. The third kappa shape index (κ3) is 5.35. The topological polar surface area (TPSA) is 170 Å². The average Bonchev–Trinajstić information content (AvgIpc) is 3.23. The van der Waals surface area contributed by atoms with Gasteiger partial charge in [0.2, 0.25) is 5.91 Å². The number of aliphatic carboxylic acids is 1. The number of halogens is 1. The lowest BCUT2D eigenvalue weighted by Crippen LogP contribution is -2.28. The lowest BCUT2D eigenvalue weighted by molar-refractivity contribution is -0.134. The highest BCUT2D eigenvalue weighted by molar-refractivity contribution is 6.31. The van der Waals surface area contributed by atoms with Crippen LogP contribution in [-0.4, -0.2) is 54.0 Å². The molecular weight excluding hydrogens is 424 g/mol. The molecule has 1 aliphatic rings. The van der Waals surface area contributed by atoms with Crippen LogP contribution in [0.15, 0.2) is 30.5 Å². The molecule has 2 aromatic heterocycles. The Labute approximate surface area is 182 Å². The Bertz CT molecular complexity index is 1100. The van der Waals surface area contributed by atoms with E-state index in [0.717, 1.165) is 23.5 Å². The van der Waals surface area contributed by atoms with Gasteiger partial charge in [-0.1, -0.05) is 11.6 Å². The second-order valence-corrected chi connectivity index (χ2v) is 7.79. The smallest absolute Gasteiger partial charge is 0.300 e. The molecule has 6 N–H and O–H groups in total. The molecule has 0 bridgehead atoms. The first-order chi connectivity index (χ1) is 14.7. The highest BCUT2D eigenvalue weighted by atomic mass is 35.5. The lowest BCUT2D eigenvalue weighted by Gasteiger charge is -2.13. The van der Waals surface area contributed by atoms with E-state index in [2.05, 4.69) is 15.1 Å². The quantitative estimate of drug-likeness (QED) is 0.462. The molecule has 1 saturated carbocycles. The fraction of sp³-hybridized carbons (Fsp3) is 0.350. The minimum atomic E-state index is -0.833. The van der Waals surface area contributed by atoms with E-state index in [-0.39, 0.29) is 18.4 Å². The van der Waals surface area contributed by atoms with E-state index in [1.165, 1.54) is 0 Å². The number of aliphatic hydroxyl groups excluding tert-OH is 1. The van der Waals surface area contributed by atoms with Gasteiger partial charge in [0.05, 0.1) is 23.7 Å². The van der Waals surface area contributed by atoms with Crippen molar-refractivity contribution in [2.45, 2.75) is 44.2 Å². The van der Waals surface area contributed by atoms with Crippen LogP contribution in [-0.2, 0) is 16.0 Å². The fourth-order valence-electron chi connectivity index (χ4n) is 3.59. The van der Waals surface area contributed by atoms with Gasteiger partial charge in [0.15, 0.2) is 5.82 Å². The average molecular weight is 447 g/mol. The number of nitrogens with zero attached hydrogens (tertiary/aromatic N) is 4. The lowest BCUT2D eigenvalue weighted by atomic mass is 10.1. The van der Waals surface area contributed by atoms with E-state index >= 15 is 0 Å². The molecule has 0 spiro atoms. The van der Waals surface area contributed by atoms with Crippen molar-refractivity contribution in [3.8, 4) is 5.69 Å². The summed E-state index contributed by atoms with van der Waals surface area (Å²) in [7, 11) is 0. The summed E-state index contributed by atoms with van der Waals surface area (Å²) in [6.45, 7) is 1.08. The first kappa shape index (κ1) is 22.6. The van der Waals surface area contributed by atoms with E-state index in [1.807, 2.05) is 12.1 Å². The summed E-state index contributed by atoms with van der Waals surface area (Å²) in [5.74, 6) is -0.417.